The third-order valence-corrected chi connectivity index (χ3v) is 4.99. The number of furan rings is 1. The van der Waals surface area contributed by atoms with Crippen molar-refractivity contribution in [3.8, 4) is 0 Å². The molecular formula is C24H26F2N2O3. The Morgan fingerprint density at radius 3 is 2.45 bits per heavy atom. The van der Waals surface area contributed by atoms with Gasteiger partial charge in [-0.05, 0) is 53.8 Å². The van der Waals surface area contributed by atoms with Gasteiger partial charge in [0.25, 0.3) is 5.91 Å². The van der Waals surface area contributed by atoms with E-state index in [4.69, 9.17) is 4.42 Å². The normalized spacial score (nSPS) is 13.0. The highest BCUT2D eigenvalue weighted by molar-refractivity contribution is 5.91. The lowest BCUT2D eigenvalue weighted by Gasteiger charge is -2.24. The van der Waals surface area contributed by atoms with Crippen molar-refractivity contribution in [1.82, 2.24) is 10.6 Å². The summed E-state index contributed by atoms with van der Waals surface area (Å²) in [6.45, 7) is 2.80. The Balaban J connectivity index is 1.67. The van der Waals surface area contributed by atoms with Crippen LogP contribution >= 0.6 is 0 Å². The van der Waals surface area contributed by atoms with Gasteiger partial charge in [0.05, 0.1) is 18.4 Å². The van der Waals surface area contributed by atoms with Crippen molar-refractivity contribution < 1.29 is 23.1 Å². The quantitative estimate of drug-likeness (QED) is 0.461. The second-order valence-corrected chi connectivity index (χ2v) is 7.41. The van der Waals surface area contributed by atoms with Crippen LogP contribution in [-0.2, 0) is 19.4 Å². The molecule has 0 fully saturated rings. The molecule has 0 saturated carbocycles. The first-order valence-electron chi connectivity index (χ1n) is 10.2. The lowest BCUT2D eigenvalue weighted by Crippen LogP contribution is -2.48. The summed E-state index contributed by atoms with van der Waals surface area (Å²) in [5, 5.41) is 16.6. The van der Waals surface area contributed by atoms with Gasteiger partial charge < -0.3 is 20.2 Å². The first-order chi connectivity index (χ1) is 14.9. The molecule has 1 amide bonds. The number of aliphatic hydroxyl groups is 1. The Bertz CT molecular complexity index is 972. The number of aryl methyl sites for hydroxylation is 1. The van der Waals surface area contributed by atoms with Crippen LogP contribution in [0.25, 0.3) is 0 Å². The van der Waals surface area contributed by atoms with Gasteiger partial charge in [0.15, 0.2) is 5.76 Å². The molecular weight excluding hydrogens is 402 g/mol. The molecule has 0 aliphatic heterocycles. The zero-order valence-electron chi connectivity index (χ0n) is 17.3. The molecule has 3 N–H and O–H groups in total. The predicted octanol–water partition coefficient (Wildman–Crippen LogP) is 3.61. The van der Waals surface area contributed by atoms with Gasteiger partial charge in [0.2, 0.25) is 0 Å². The summed E-state index contributed by atoms with van der Waals surface area (Å²) in [5.41, 5.74) is 2.63. The zero-order valence-corrected chi connectivity index (χ0v) is 17.3. The van der Waals surface area contributed by atoms with Gasteiger partial charge in [-0.2, -0.15) is 0 Å². The molecule has 3 aromatic rings. The molecule has 0 aliphatic rings. The highest BCUT2D eigenvalue weighted by Gasteiger charge is 2.24. The average Bonchev–Trinajstić information content (AvgIpc) is 3.28. The molecule has 31 heavy (non-hydrogen) atoms. The van der Waals surface area contributed by atoms with Crippen molar-refractivity contribution in [1.29, 1.82) is 0 Å². The summed E-state index contributed by atoms with van der Waals surface area (Å²) in [6, 6.07) is 13.6. The average molecular weight is 428 g/mol. The molecule has 3 rings (SSSR count). The van der Waals surface area contributed by atoms with E-state index in [0.29, 0.717) is 12.1 Å². The van der Waals surface area contributed by atoms with Crippen molar-refractivity contribution in [2.75, 3.05) is 6.54 Å². The van der Waals surface area contributed by atoms with Crippen LogP contribution < -0.4 is 10.6 Å². The summed E-state index contributed by atoms with van der Waals surface area (Å²) in [4.78, 5) is 12.4. The Kier molecular flexibility index (Phi) is 7.92. The fraction of sp³-hybridized carbons (Fsp3) is 0.292. The zero-order chi connectivity index (χ0) is 22.2. The van der Waals surface area contributed by atoms with E-state index >= 15 is 0 Å². The third kappa shape index (κ3) is 6.73. The molecule has 164 valence electrons. The molecule has 1 heterocycles. The van der Waals surface area contributed by atoms with E-state index in [0.717, 1.165) is 18.1 Å². The van der Waals surface area contributed by atoms with Crippen LogP contribution in [0.1, 0.15) is 34.2 Å². The second-order valence-electron chi connectivity index (χ2n) is 7.41. The van der Waals surface area contributed by atoms with Crippen molar-refractivity contribution in [3.63, 3.8) is 0 Å². The largest absolute Gasteiger partial charge is 0.459 e. The minimum Gasteiger partial charge on any atom is -0.459 e. The van der Waals surface area contributed by atoms with E-state index in [1.54, 1.807) is 6.07 Å². The van der Waals surface area contributed by atoms with E-state index in [1.807, 2.05) is 12.1 Å². The topological polar surface area (TPSA) is 74.5 Å². The van der Waals surface area contributed by atoms with Crippen LogP contribution in [-0.4, -0.2) is 29.7 Å². The molecule has 7 heteroatoms. The summed E-state index contributed by atoms with van der Waals surface area (Å²) in [5.74, 6) is -1.85. The maximum atomic E-state index is 13.6. The number of rotatable bonds is 10. The third-order valence-electron chi connectivity index (χ3n) is 4.99. The van der Waals surface area contributed by atoms with Crippen LogP contribution in [0, 0.1) is 11.6 Å². The van der Waals surface area contributed by atoms with Crippen LogP contribution in [0.4, 0.5) is 8.78 Å². The van der Waals surface area contributed by atoms with Crippen LogP contribution in [0.2, 0.25) is 0 Å². The molecule has 5 nitrogen and oxygen atoms in total. The van der Waals surface area contributed by atoms with E-state index in [9.17, 15) is 18.7 Å². The highest BCUT2D eigenvalue weighted by atomic mass is 19.1. The van der Waals surface area contributed by atoms with E-state index in [2.05, 4.69) is 29.7 Å². The van der Waals surface area contributed by atoms with Crippen molar-refractivity contribution in [2.24, 2.45) is 0 Å². The number of aliphatic hydroxyl groups excluding tert-OH is 1. The Morgan fingerprint density at radius 1 is 1.03 bits per heavy atom. The number of hydrogen-bond donors (Lipinski definition) is 3. The molecule has 1 aromatic heterocycles. The lowest BCUT2D eigenvalue weighted by atomic mass is 10.0. The van der Waals surface area contributed by atoms with E-state index in [-0.39, 0.29) is 18.7 Å². The van der Waals surface area contributed by atoms with Crippen molar-refractivity contribution in [3.05, 3.63) is 94.9 Å². The van der Waals surface area contributed by atoms with Gasteiger partial charge in [-0.1, -0.05) is 31.2 Å². The number of halogens is 2. The number of amides is 1. The SMILES string of the molecule is CCc1cccc(CNC[C@@H](O)[C@H](Cc2cc(F)cc(F)c2)NC(=O)c2ccco2)c1. The number of benzene rings is 2. The summed E-state index contributed by atoms with van der Waals surface area (Å²) in [7, 11) is 0. The number of carbonyl (C=O) groups excluding carboxylic acids is 1. The minimum atomic E-state index is -1.00. The van der Waals surface area contributed by atoms with Gasteiger partial charge in [-0.15, -0.1) is 0 Å². The Hall–Kier alpha value is -3.03. The maximum Gasteiger partial charge on any atom is 0.287 e. The molecule has 2 atom stereocenters. The number of nitrogens with one attached hydrogen (secondary N) is 2. The predicted molar refractivity (Wildman–Crippen MR) is 114 cm³/mol. The molecule has 0 bridgehead atoms. The van der Waals surface area contributed by atoms with E-state index < -0.39 is 29.7 Å². The smallest absolute Gasteiger partial charge is 0.287 e. The summed E-state index contributed by atoms with van der Waals surface area (Å²) < 4.78 is 32.3. The highest BCUT2D eigenvalue weighted by Crippen LogP contribution is 2.13. The van der Waals surface area contributed by atoms with Crippen molar-refractivity contribution >= 4 is 5.91 Å². The Labute approximate surface area is 180 Å². The van der Waals surface area contributed by atoms with Crippen LogP contribution in [0.15, 0.2) is 65.3 Å². The molecule has 0 radical (unpaired) electrons. The number of carbonyl (C=O) groups is 1. The van der Waals surface area contributed by atoms with E-state index in [1.165, 1.54) is 30.0 Å². The van der Waals surface area contributed by atoms with Gasteiger partial charge in [0, 0.05) is 19.2 Å². The van der Waals surface area contributed by atoms with Crippen LogP contribution in [0.3, 0.4) is 0 Å². The first-order valence-corrected chi connectivity index (χ1v) is 10.2. The fourth-order valence-corrected chi connectivity index (χ4v) is 3.38. The monoisotopic (exact) mass is 428 g/mol. The van der Waals surface area contributed by atoms with Gasteiger partial charge >= 0.3 is 0 Å². The molecule has 0 spiro atoms. The lowest BCUT2D eigenvalue weighted by molar-refractivity contribution is 0.0805. The molecule has 0 unspecified atom stereocenters. The van der Waals surface area contributed by atoms with Gasteiger partial charge in [0.1, 0.15) is 11.6 Å². The molecule has 2 aromatic carbocycles. The minimum absolute atomic E-state index is 0.0509. The van der Waals surface area contributed by atoms with Gasteiger partial charge in [-0.3, -0.25) is 4.79 Å². The summed E-state index contributed by atoms with van der Waals surface area (Å²) >= 11 is 0. The maximum absolute atomic E-state index is 13.6. The summed E-state index contributed by atoms with van der Waals surface area (Å²) in [6.07, 6.45) is 1.35. The first kappa shape index (κ1) is 22.7. The van der Waals surface area contributed by atoms with Gasteiger partial charge in [-0.25, -0.2) is 8.78 Å². The Morgan fingerprint density at radius 2 is 1.77 bits per heavy atom. The molecule has 0 aliphatic carbocycles. The van der Waals surface area contributed by atoms with Crippen LogP contribution in [0.5, 0.6) is 0 Å². The fourth-order valence-electron chi connectivity index (χ4n) is 3.38. The standard InChI is InChI=1S/C24H26F2N2O3/c1-2-16-5-3-6-17(9-16)14-27-15-22(29)21(28-24(30)23-7-4-8-31-23)12-18-10-19(25)13-20(26)11-18/h3-11,13,21-22,27,29H,2,12,14-15H2,1H3,(H,28,30)/t21-,22+/m0/s1. The van der Waals surface area contributed by atoms with Crippen molar-refractivity contribution in [2.45, 2.75) is 38.5 Å². The number of hydrogen-bond acceptors (Lipinski definition) is 4. The molecule has 0 saturated heterocycles. The second kappa shape index (κ2) is 10.8.